The molecule has 1 aliphatic rings. The quantitative estimate of drug-likeness (QED) is 0.828. The van der Waals surface area contributed by atoms with Crippen LogP contribution in [0.1, 0.15) is 15.2 Å². The maximum atomic E-state index is 12.1. The molecular weight excluding hydrogens is 332 g/mol. The number of carbonyl (C=O) groups is 3. The Balaban J connectivity index is 1.69. The molecule has 2 heterocycles. The van der Waals surface area contributed by atoms with Crippen molar-refractivity contribution in [1.82, 2.24) is 10.6 Å². The molecule has 24 heavy (non-hydrogen) atoms. The summed E-state index contributed by atoms with van der Waals surface area (Å²) in [5.74, 6) is -0.534. The van der Waals surface area contributed by atoms with Gasteiger partial charge in [0.2, 0.25) is 0 Å². The Bertz CT molecular complexity index is 815. The number of nitrogens with one attached hydrogen (secondary N) is 2. The van der Waals surface area contributed by atoms with E-state index in [-0.39, 0.29) is 0 Å². The Morgan fingerprint density at radius 2 is 2.08 bits per heavy atom. The summed E-state index contributed by atoms with van der Waals surface area (Å²) in [6.45, 7) is -0.144. The molecule has 124 valence electrons. The summed E-state index contributed by atoms with van der Waals surface area (Å²) >= 11 is 1.29. The van der Waals surface area contributed by atoms with Gasteiger partial charge in [0, 0.05) is 23.1 Å². The van der Waals surface area contributed by atoms with Crippen LogP contribution < -0.4 is 15.4 Å². The SMILES string of the molecule is CNC(=O)NC(=O)COC(=O)c1cc2c(s1)-c1ccccc1OC2. The van der Waals surface area contributed by atoms with Crippen molar-refractivity contribution in [2.45, 2.75) is 6.61 Å². The second-order valence-electron chi connectivity index (χ2n) is 4.95. The third kappa shape index (κ3) is 3.23. The lowest BCUT2D eigenvalue weighted by Crippen LogP contribution is -2.39. The van der Waals surface area contributed by atoms with Crippen LogP contribution in [0.5, 0.6) is 5.75 Å². The number of benzene rings is 1. The van der Waals surface area contributed by atoms with Crippen LogP contribution in [-0.4, -0.2) is 31.6 Å². The Kier molecular flexibility index (Phi) is 4.48. The van der Waals surface area contributed by atoms with E-state index in [0.717, 1.165) is 21.8 Å². The highest BCUT2D eigenvalue weighted by Gasteiger charge is 2.23. The molecular formula is C16H14N2O5S. The number of rotatable bonds is 3. The monoisotopic (exact) mass is 346 g/mol. The van der Waals surface area contributed by atoms with Crippen molar-refractivity contribution in [3.05, 3.63) is 40.8 Å². The number of amides is 3. The van der Waals surface area contributed by atoms with E-state index >= 15 is 0 Å². The Morgan fingerprint density at radius 3 is 2.88 bits per heavy atom. The first-order chi connectivity index (χ1) is 11.6. The van der Waals surface area contributed by atoms with Crippen molar-refractivity contribution >= 4 is 29.2 Å². The van der Waals surface area contributed by atoms with E-state index in [1.165, 1.54) is 18.4 Å². The third-order valence-corrected chi connectivity index (χ3v) is 4.53. The van der Waals surface area contributed by atoms with Crippen molar-refractivity contribution < 1.29 is 23.9 Å². The van der Waals surface area contributed by atoms with Gasteiger partial charge in [-0.15, -0.1) is 11.3 Å². The molecule has 0 saturated carbocycles. The zero-order valence-electron chi connectivity index (χ0n) is 12.8. The summed E-state index contributed by atoms with van der Waals surface area (Å²) in [5, 5.41) is 4.25. The van der Waals surface area contributed by atoms with E-state index in [1.54, 1.807) is 6.07 Å². The van der Waals surface area contributed by atoms with Crippen molar-refractivity contribution in [2.24, 2.45) is 0 Å². The molecule has 0 spiro atoms. The van der Waals surface area contributed by atoms with Crippen LogP contribution in [-0.2, 0) is 16.1 Å². The molecule has 0 fully saturated rings. The van der Waals surface area contributed by atoms with Gasteiger partial charge in [0.1, 0.15) is 17.2 Å². The number of para-hydroxylation sites is 1. The summed E-state index contributed by atoms with van der Waals surface area (Å²) < 4.78 is 10.6. The Labute approximate surface area is 141 Å². The normalized spacial score (nSPS) is 11.5. The second-order valence-corrected chi connectivity index (χ2v) is 6.01. The lowest BCUT2D eigenvalue weighted by atomic mass is 10.1. The average molecular weight is 346 g/mol. The topological polar surface area (TPSA) is 93.7 Å². The van der Waals surface area contributed by atoms with Crippen LogP contribution in [0.25, 0.3) is 10.4 Å². The molecule has 0 unspecified atom stereocenters. The summed E-state index contributed by atoms with van der Waals surface area (Å²) in [4.78, 5) is 35.9. The standard InChI is InChI=1S/C16H14N2O5S/c1-17-16(21)18-13(19)8-23-15(20)12-6-9-7-22-11-5-3-2-4-10(11)14(9)24-12/h2-6H,7-8H2,1H3,(H2,17,18,19,21). The number of thiophene rings is 1. The van der Waals surface area contributed by atoms with Gasteiger partial charge in [-0.2, -0.15) is 0 Å². The molecule has 7 nitrogen and oxygen atoms in total. The number of fused-ring (bicyclic) bond motifs is 3. The number of hydrogen-bond acceptors (Lipinski definition) is 6. The van der Waals surface area contributed by atoms with Gasteiger partial charge in [0.05, 0.1) is 0 Å². The van der Waals surface area contributed by atoms with Gasteiger partial charge in [0.25, 0.3) is 5.91 Å². The smallest absolute Gasteiger partial charge is 0.348 e. The summed E-state index contributed by atoms with van der Waals surface area (Å²) in [6, 6.07) is 8.64. The number of esters is 1. The van der Waals surface area contributed by atoms with Crippen LogP contribution in [0.15, 0.2) is 30.3 Å². The number of imide groups is 1. The van der Waals surface area contributed by atoms with Crippen LogP contribution in [0.3, 0.4) is 0 Å². The minimum absolute atomic E-state index is 0.382. The van der Waals surface area contributed by atoms with Crippen molar-refractivity contribution in [3.63, 3.8) is 0 Å². The number of carbonyl (C=O) groups excluding carboxylic acids is 3. The van der Waals surface area contributed by atoms with Crippen molar-refractivity contribution in [2.75, 3.05) is 13.7 Å². The molecule has 8 heteroatoms. The van der Waals surface area contributed by atoms with Gasteiger partial charge in [-0.1, -0.05) is 12.1 Å². The lowest BCUT2D eigenvalue weighted by molar-refractivity contribution is -0.123. The number of urea groups is 1. The zero-order chi connectivity index (χ0) is 17.1. The molecule has 0 saturated heterocycles. The number of ether oxygens (including phenoxy) is 2. The van der Waals surface area contributed by atoms with Gasteiger partial charge in [-0.05, 0) is 18.2 Å². The van der Waals surface area contributed by atoms with E-state index < -0.39 is 24.5 Å². The molecule has 1 aliphatic heterocycles. The summed E-state index contributed by atoms with van der Waals surface area (Å²) in [6.07, 6.45) is 0. The van der Waals surface area contributed by atoms with E-state index in [9.17, 15) is 14.4 Å². The lowest BCUT2D eigenvalue weighted by Gasteiger charge is -2.16. The molecule has 3 amide bonds. The van der Waals surface area contributed by atoms with Crippen LogP contribution in [0, 0.1) is 0 Å². The van der Waals surface area contributed by atoms with Gasteiger partial charge in [0.15, 0.2) is 6.61 Å². The average Bonchev–Trinajstić information content (AvgIpc) is 3.04. The summed E-state index contributed by atoms with van der Waals surface area (Å²) in [5.41, 5.74) is 1.83. The van der Waals surface area contributed by atoms with Crippen LogP contribution in [0.2, 0.25) is 0 Å². The second kappa shape index (κ2) is 6.71. The van der Waals surface area contributed by atoms with E-state index in [4.69, 9.17) is 9.47 Å². The molecule has 0 aliphatic carbocycles. The minimum Gasteiger partial charge on any atom is -0.488 e. The fourth-order valence-electron chi connectivity index (χ4n) is 2.23. The maximum Gasteiger partial charge on any atom is 0.348 e. The molecule has 1 aromatic heterocycles. The molecule has 2 N–H and O–H groups in total. The first kappa shape index (κ1) is 16.0. The summed E-state index contributed by atoms with van der Waals surface area (Å²) in [7, 11) is 1.38. The van der Waals surface area contributed by atoms with Crippen molar-refractivity contribution in [3.8, 4) is 16.2 Å². The molecule has 2 aromatic rings. The highest BCUT2D eigenvalue weighted by atomic mass is 32.1. The molecule has 0 bridgehead atoms. The van der Waals surface area contributed by atoms with E-state index in [1.807, 2.05) is 29.6 Å². The molecule has 1 aromatic carbocycles. The van der Waals surface area contributed by atoms with Gasteiger partial charge >= 0.3 is 12.0 Å². The predicted octanol–water partition coefficient (Wildman–Crippen LogP) is 1.92. The first-order valence-electron chi connectivity index (χ1n) is 7.12. The fourth-order valence-corrected chi connectivity index (χ4v) is 3.32. The van der Waals surface area contributed by atoms with Gasteiger partial charge < -0.3 is 14.8 Å². The van der Waals surface area contributed by atoms with Gasteiger partial charge in [-0.3, -0.25) is 10.1 Å². The van der Waals surface area contributed by atoms with Crippen molar-refractivity contribution in [1.29, 1.82) is 0 Å². The zero-order valence-corrected chi connectivity index (χ0v) is 13.6. The molecule has 0 radical (unpaired) electrons. The third-order valence-electron chi connectivity index (χ3n) is 3.34. The minimum atomic E-state index is -0.697. The maximum absolute atomic E-state index is 12.1. The predicted molar refractivity (Wildman–Crippen MR) is 87.0 cm³/mol. The fraction of sp³-hybridized carbons (Fsp3) is 0.188. The first-order valence-corrected chi connectivity index (χ1v) is 7.93. The largest absolute Gasteiger partial charge is 0.488 e. The Hall–Kier alpha value is -2.87. The number of hydrogen-bond donors (Lipinski definition) is 2. The van der Waals surface area contributed by atoms with E-state index in [0.29, 0.717) is 11.5 Å². The van der Waals surface area contributed by atoms with Crippen LogP contribution in [0.4, 0.5) is 4.79 Å². The van der Waals surface area contributed by atoms with Crippen LogP contribution >= 0.6 is 11.3 Å². The van der Waals surface area contributed by atoms with E-state index in [2.05, 4.69) is 5.32 Å². The highest BCUT2D eigenvalue weighted by molar-refractivity contribution is 7.17. The molecule has 3 rings (SSSR count). The Morgan fingerprint density at radius 1 is 1.29 bits per heavy atom. The molecule has 0 atom stereocenters. The highest BCUT2D eigenvalue weighted by Crippen LogP contribution is 2.42. The van der Waals surface area contributed by atoms with Gasteiger partial charge in [-0.25, -0.2) is 9.59 Å².